The second-order valence-electron chi connectivity index (χ2n) is 3.14. The van der Waals surface area contributed by atoms with Crippen molar-refractivity contribution in [3.8, 4) is 0 Å². The van der Waals surface area contributed by atoms with Gasteiger partial charge < -0.3 is 0 Å². The number of aryl methyl sites for hydroxylation is 1. The van der Waals surface area contributed by atoms with E-state index in [4.69, 9.17) is 0 Å². The van der Waals surface area contributed by atoms with E-state index in [-0.39, 0.29) is 5.82 Å². The molecule has 1 aromatic carbocycles. The Bertz CT molecular complexity index is 260. The maximum absolute atomic E-state index is 13.1. The fraction of sp³-hybridized carbons (Fsp3) is 0.455. The molecule has 0 aliphatic carbocycles. The van der Waals surface area contributed by atoms with Crippen molar-refractivity contribution in [2.45, 2.75) is 31.0 Å². The van der Waals surface area contributed by atoms with Gasteiger partial charge in [0.2, 0.25) is 0 Å². The highest BCUT2D eigenvalue weighted by molar-refractivity contribution is 9.09. The molecule has 0 aliphatic rings. The predicted octanol–water partition coefficient (Wildman–Crippen LogP) is 3.93. The average molecular weight is 245 g/mol. The minimum atomic E-state index is -0.0849. The van der Waals surface area contributed by atoms with E-state index in [9.17, 15) is 4.39 Å². The van der Waals surface area contributed by atoms with E-state index in [1.54, 1.807) is 6.07 Å². The number of halogens is 2. The van der Waals surface area contributed by atoms with Crippen molar-refractivity contribution in [2.24, 2.45) is 0 Å². The summed E-state index contributed by atoms with van der Waals surface area (Å²) >= 11 is 3.54. The lowest BCUT2D eigenvalue weighted by atomic mass is 10.1. The molecule has 0 heterocycles. The highest BCUT2D eigenvalue weighted by Gasteiger charge is 2.04. The van der Waals surface area contributed by atoms with E-state index >= 15 is 0 Å². The van der Waals surface area contributed by atoms with Gasteiger partial charge in [-0.3, -0.25) is 0 Å². The van der Waals surface area contributed by atoms with Crippen LogP contribution in [0.4, 0.5) is 4.39 Å². The maximum Gasteiger partial charge on any atom is 0.126 e. The molecule has 0 N–H and O–H groups in total. The molecule has 1 unspecified atom stereocenters. The topological polar surface area (TPSA) is 0 Å². The first-order chi connectivity index (χ1) is 6.24. The Morgan fingerprint density at radius 1 is 1.38 bits per heavy atom. The molecule has 13 heavy (non-hydrogen) atoms. The zero-order valence-electron chi connectivity index (χ0n) is 7.76. The van der Waals surface area contributed by atoms with Crippen molar-refractivity contribution < 1.29 is 4.39 Å². The van der Waals surface area contributed by atoms with Gasteiger partial charge in [-0.2, -0.15) is 0 Å². The van der Waals surface area contributed by atoms with E-state index in [1.165, 1.54) is 6.07 Å². The van der Waals surface area contributed by atoms with Crippen LogP contribution in [-0.2, 0) is 6.42 Å². The van der Waals surface area contributed by atoms with Crippen LogP contribution in [0.1, 0.15) is 25.3 Å². The second kappa shape index (κ2) is 5.38. The van der Waals surface area contributed by atoms with E-state index in [0.717, 1.165) is 24.8 Å². The van der Waals surface area contributed by atoms with Crippen LogP contribution in [0.25, 0.3) is 0 Å². The fourth-order valence-electron chi connectivity index (χ4n) is 1.22. The summed E-state index contributed by atoms with van der Waals surface area (Å²) in [5.74, 6) is -0.0849. The normalized spacial score (nSPS) is 12.8. The quantitative estimate of drug-likeness (QED) is 0.705. The molecule has 0 radical (unpaired) electrons. The van der Waals surface area contributed by atoms with Crippen LogP contribution in [0.5, 0.6) is 0 Å². The van der Waals surface area contributed by atoms with Crippen molar-refractivity contribution in [3.05, 3.63) is 35.6 Å². The van der Waals surface area contributed by atoms with Crippen molar-refractivity contribution in [1.29, 1.82) is 0 Å². The van der Waals surface area contributed by atoms with Crippen molar-refractivity contribution in [3.63, 3.8) is 0 Å². The summed E-state index contributed by atoms with van der Waals surface area (Å²) in [6.45, 7) is 2.13. The van der Waals surface area contributed by atoms with E-state index in [0.29, 0.717) is 4.83 Å². The van der Waals surface area contributed by atoms with Crippen LogP contribution in [0, 0.1) is 5.82 Å². The van der Waals surface area contributed by atoms with Gasteiger partial charge in [0.25, 0.3) is 0 Å². The van der Waals surface area contributed by atoms with Crippen molar-refractivity contribution in [2.75, 3.05) is 0 Å². The zero-order valence-corrected chi connectivity index (χ0v) is 9.35. The standard InChI is InChI=1S/C11H14BrF/c1-2-10(12)8-7-9-5-3-4-6-11(9)13/h3-6,10H,2,7-8H2,1H3. The van der Waals surface area contributed by atoms with Gasteiger partial charge in [0.15, 0.2) is 0 Å². The number of benzene rings is 1. The number of alkyl halides is 1. The van der Waals surface area contributed by atoms with Gasteiger partial charge in [-0.25, -0.2) is 4.39 Å². The molecule has 1 atom stereocenters. The lowest BCUT2D eigenvalue weighted by Crippen LogP contribution is -1.99. The Balaban J connectivity index is 2.50. The van der Waals surface area contributed by atoms with Crippen molar-refractivity contribution >= 4 is 15.9 Å². The van der Waals surface area contributed by atoms with Gasteiger partial charge >= 0.3 is 0 Å². The summed E-state index contributed by atoms with van der Waals surface area (Å²) in [4.78, 5) is 0.507. The van der Waals surface area contributed by atoms with Gasteiger partial charge in [-0.05, 0) is 30.9 Å². The molecule has 0 amide bonds. The van der Waals surface area contributed by atoms with Crippen LogP contribution in [0.15, 0.2) is 24.3 Å². The number of hydrogen-bond acceptors (Lipinski definition) is 0. The predicted molar refractivity (Wildman–Crippen MR) is 57.7 cm³/mol. The molecule has 2 heteroatoms. The monoisotopic (exact) mass is 244 g/mol. The first-order valence-corrected chi connectivity index (χ1v) is 5.53. The SMILES string of the molecule is CCC(Br)CCc1ccccc1F. The summed E-state index contributed by atoms with van der Waals surface area (Å²) in [5.41, 5.74) is 0.820. The fourth-order valence-corrected chi connectivity index (χ4v) is 1.45. The molecule has 72 valence electrons. The molecule has 1 rings (SSSR count). The minimum Gasteiger partial charge on any atom is -0.207 e. The van der Waals surface area contributed by atoms with Gasteiger partial charge in [0.1, 0.15) is 5.82 Å². The largest absolute Gasteiger partial charge is 0.207 e. The zero-order chi connectivity index (χ0) is 9.68. The van der Waals surface area contributed by atoms with Gasteiger partial charge in [-0.15, -0.1) is 0 Å². The first kappa shape index (κ1) is 10.7. The average Bonchev–Trinajstić information content (AvgIpc) is 2.16. The van der Waals surface area contributed by atoms with Crippen LogP contribution >= 0.6 is 15.9 Å². The van der Waals surface area contributed by atoms with Crippen LogP contribution in [-0.4, -0.2) is 4.83 Å². The lowest BCUT2D eigenvalue weighted by molar-refractivity contribution is 0.601. The molecule has 0 fully saturated rings. The Hall–Kier alpha value is -0.370. The smallest absolute Gasteiger partial charge is 0.126 e. The van der Waals surface area contributed by atoms with Crippen LogP contribution < -0.4 is 0 Å². The molecule has 0 saturated carbocycles. The summed E-state index contributed by atoms with van der Waals surface area (Å²) in [7, 11) is 0. The molecule has 0 bridgehead atoms. The second-order valence-corrected chi connectivity index (χ2v) is 4.43. The molecule has 0 spiro atoms. The van der Waals surface area contributed by atoms with E-state index in [2.05, 4.69) is 22.9 Å². The Morgan fingerprint density at radius 2 is 2.08 bits per heavy atom. The molecule has 1 aromatic rings. The highest BCUT2D eigenvalue weighted by atomic mass is 79.9. The van der Waals surface area contributed by atoms with Crippen LogP contribution in [0.2, 0.25) is 0 Å². The highest BCUT2D eigenvalue weighted by Crippen LogP contribution is 2.15. The van der Waals surface area contributed by atoms with Crippen molar-refractivity contribution in [1.82, 2.24) is 0 Å². The van der Waals surface area contributed by atoms with Gasteiger partial charge in [-0.1, -0.05) is 41.1 Å². The van der Waals surface area contributed by atoms with E-state index in [1.807, 2.05) is 12.1 Å². The minimum absolute atomic E-state index is 0.0849. The molecule has 0 saturated heterocycles. The Kier molecular flexibility index (Phi) is 4.43. The number of rotatable bonds is 4. The molecule has 0 aromatic heterocycles. The third-order valence-electron chi connectivity index (χ3n) is 2.13. The molecular weight excluding hydrogens is 231 g/mol. The Labute approximate surface area is 87.3 Å². The van der Waals surface area contributed by atoms with Crippen LogP contribution in [0.3, 0.4) is 0 Å². The third kappa shape index (κ3) is 3.47. The molecular formula is C11H14BrF. The lowest BCUT2D eigenvalue weighted by Gasteiger charge is -2.06. The first-order valence-electron chi connectivity index (χ1n) is 4.61. The third-order valence-corrected chi connectivity index (χ3v) is 3.23. The van der Waals surface area contributed by atoms with Gasteiger partial charge in [0.05, 0.1) is 0 Å². The molecule has 0 nitrogen and oxygen atoms in total. The summed E-state index contributed by atoms with van der Waals surface area (Å²) in [5, 5.41) is 0. The maximum atomic E-state index is 13.1. The summed E-state index contributed by atoms with van der Waals surface area (Å²) in [6, 6.07) is 6.98. The van der Waals surface area contributed by atoms with Gasteiger partial charge in [0, 0.05) is 4.83 Å². The summed E-state index contributed by atoms with van der Waals surface area (Å²) in [6.07, 6.45) is 2.91. The Morgan fingerprint density at radius 3 is 2.69 bits per heavy atom. The molecule has 0 aliphatic heterocycles. The number of hydrogen-bond donors (Lipinski definition) is 0. The summed E-state index contributed by atoms with van der Waals surface area (Å²) < 4.78 is 13.1. The van der Waals surface area contributed by atoms with E-state index < -0.39 is 0 Å².